The van der Waals surface area contributed by atoms with Gasteiger partial charge in [-0.05, 0) is 53.4 Å². The van der Waals surface area contributed by atoms with Gasteiger partial charge in [0.15, 0.2) is 0 Å². The molecule has 1 aromatic carbocycles. The summed E-state index contributed by atoms with van der Waals surface area (Å²) >= 11 is 9.27. The standard InChI is InChI=1S/C14H15BrClF3N2O/c1-8-6-10(15)11(16)7-12(8)20-13(22)21-4-2-9(3-5-21)14(17,18)19/h6-7,9H,2-5H2,1H3,(H,20,22). The molecule has 22 heavy (non-hydrogen) atoms. The van der Waals surface area contributed by atoms with Gasteiger partial charge in [0.2, 0.25) is 0 Å². The smallest absolute Gasteiger partial charge is 0.325 e. The van der Waals surface area contributed by atoms with E-state index in [0.717, 1.165) is 10.0 Å². The van der Waals surface area contributed by atoms with Gasteiger partial charge in [-0.3, -0.25) is 0 Å². The van der Waals surface area contributed by atoms with Crippen molar-refractivity contribution in [3.63, 3.8) is 0 Å². The van der Waals surface area contributed by atoms with Crippen molar-refractivity contribution in [3.8, 4) is 0 Å². The summed E-state index contributed by atoms with van der Waals surface area (Å²) in [4.78, 5) is 13.6. The first-order valence-electron chi connectivity index (χ1n) is 6.76. The Bertz CT molecular complexity index is 572. The van der Waals surface area contributed by atoms with Crippen LogP contribution in [0.3, 0.4) is 0 Å². The van der Waals surface area contributed by atoms with E-state index < -0.39 is 18.1 Å². The Balaban J connectivity index is 1.98. The maximum absolute atomic E-state index is 12.6. The van der Waals surface area contributed by atoms with Crippen molar-refractivity contribution in [1.82, 2.24) is 4.90 Å². The number of aryl methyl sites for hydroxylation is 1. The van der Waals surface area contributed by atoms with Gasteiger partial charge in [0.25, 0.3) is 0 Å². The van der Waals surface area contributed by atoms with Crippen LogP contribution in [0.2, 0.25) is 5.02 Å². The molecule has 1 aromatic rings. The lowest BCUT2D eigenvalue weighted by Crippen LogP contribution is -2.44. The molecule has 0 unspecified atom stereocenters. The van der Waals surface area contributed by atoms with E-state index in [0.29, 0.717) is 10.7 Å². The number of urea groups is 1. The fraction of sp³-hybridized carbons (Fsp3) is 0.500. The van der Waals surface area contributed by atoms with Crippen molar-refractivity contribution in [2.45, 2.75) is 25.9 Å². The fourth-order valence-electron chi connectivity index (χ4n) is 2.39. The number of piperidine rings is 1. The molecule has 1 aliphatic heterocycles. The van der Waals surface area contributed by atoms with Gasteiger partial charge >= 0.3 is 12.2 Å². The van der Waals surface area contributed by atoms with Gasteiger partial charge in [-0.25, -0.2) is 4.79 Å². The number of rotatable bonds is 1. The van der Waals surface area contributed by atoms with E-state index >= 15 is 0 Å². The first kappa shape index (κ1) is 17.4. The van der Waals surface area contributed by atoms with Gasteiger partial charge in [0.05, 0.1) is 10.9 Å². The second-order valence-electron chi connectivity index (χ2n) is 5.31. The summed E-state index contributed by atoms with van der Waals surface area (Å²) in [5.41, 5.74) is 1.37. The molecule has 0 saturated carbocycles. The Labute approximate surface area is 139 Å². The largest absolute Gasteiger partial charge is 0.391 e. The van der Waals surface area contributed by atoms with Crippen molar-refractivity contribution >= 4 is 39.2 Å². The molecule has 1 fully saturated rings. The van der Waals surface area contributed by atoms with Crippen LogP contribution in [0.1, 0.15) is 18.4 Å². The number of carbonyl (C=O) groups is 1. The number of hydrogen-bond acceptors (Lipinski definition) is 1. The van der Waals surface area contributed by atoms with Crippen molar-refractivity contribution in [2.24, 2.45) is 5.92 Å². The molecule has 0 spiro atoms. The summed E-state index contributed by atoms with van der Waals surface area (Å²) in [6, 6.07) is 2.98. The van der Waals surface area contributed by atoms with Crippen molar-refractivity contribution < 1.29 is 18.0 Å². The minimum Gasteiger partial charge on any atom is -0.325 e. The Morgan fingerprint density at radius 2 is 1.95 bits per heavy atom. The fourth-order valence-corrected chi connectivity index (χ4v) is 3.01. The lowest BCUT2D eigenvalue weighted by Gasteiger charge is -2.33. The highest BCUT2D eigenvalue weighted by Gasteiger charge is 2.41. The molecule has 1 N–H and O–H groups in total. The number of benzene rings is 1. The van der Waals surface area contributed by atoms with E-state index in [4.69, 9.17) is 11.6 Å². The average molecular weight is 400 g/mol. The van der Waals surface area contributed by atoms with Gasteiger partial charge < -0.3 is 10.2 Å². The highest BCUT2D eigenvalue weighted by atomic mass is 79.9. The Hall–Kier alpha value is -0.950. The van der Waals surface area contributed by atoms with Crippen molar-refractivity contribution in [2.75, 3.05) is 18.4 Å². The third-order valence-electron chi connectivity index (χ3n) is 3.75. The van der Waals surface area contributed by atoms with Crippen LogP contribution in [-0.2, 0) is 0 Å². The lowest BCUT2D eigenvalue weighted by molar-refractivity contribution is -0.183. The molecule has 3 nitrogen and oxygen atoms in total. The van der Waals surface area contributed by atoms with Crippen LogP contribution in [0, 0.1) is 12.8 Å². The summed E-state index contributed by atoms with van der Waals surface area (Å²) < 4.78 is 38.6. The van der Waals surface area contributed by atoms with Crippen LogP contribution in [0.15, 0.2) is 16.6 Å². The van der Waals surface area contributed by atoms with Crippen LogP contribution in [-0.4, -0.2) is 30.2 Å². The molecule has 0 atom stereocenters. The first-order valence-corrected chi connectivity index (χ1v) is 7.94. The maximum atomic E-state index is 12.6. The number of carbonyl (C=O) groups excluding carboxylic acids is 1. The van der Waals surface area contributed by atoms with Gasteiger partial charge in [-0.1, -0.05) is 11.6 Å². The molecule has 0 aliphatic carbocycles. The van der Waals surface area contributed by atoms with Crippen LogP contribution >= 0.6 is 27.5 Å². The molecule has 8 heteroatoms. The van der Waals surface area contributed by atoms with E-state index in [2.05, 4.69) is 21.2 Å². The molecule has 1 saturated heterocycles. The minimum absolute atomic E-state index is 0.0585. The Kier molecular flexibility index (Phi) is 5.27. The molecule has 2 rings (SSSR count). The number of amides is 2. The molecule has 0 bridgehead atoms. The third kappa shape index (κ3) is 4.07. The van der Waals surface area contributed by atoms with Crippen molar-refractivity contribution in [1.29, 1.82) is 0 Å². The van der Waals surface area contributed by atoms with Gasteiger partial charge in [-0.15, -0.1) is 0 Å². The normalized spacial score (nSPS) is 16.7. The number of nitrogens with one attached hydrogen (secondary N) is 1. The summed E-state index contributed by atoms with van der Waals surface area (Å²) in [6.07, 6.45) is -4.30. The summed E-state index contributed by atoms with van der Waals surface area (Å²) in [6.45, 7) is 2.01. The van der Waals surface area contributed by atoms with E-state index in [9.17, 15) is 18.0 Å². The van der Waals surface area contributed by atoms with Gasteiger partial charge in [-0.2, -0.15) is 13.2 Å². The number of halogens is 5. The quantitative estimate of drug-likeness (QED) is 0.690. The van der Waals surface area contributed by atoms with E-state index in [1.807, 2.05) is 6.92 Å². The zero-order valence-electron chi connectivity index (χ0n) is 11.8. The molecule has 1 aliphatic rings. The topological polar surface area (TPSA) is 32.3 Å². The predicted octanol–water partition coefficient (Wildman–Crippen LogP) is 5.22. The zero-order valence-corrected chi connectivity index (χ0v) is 14.1. The molecule has 0 aromatic heterocycles. The van der Waals surface area contributed by atoms with Crippen LogP contribution in [0.4, 0.5) is 23.7 Å². The SMILES string of the molecule is Cc1cc(Br)c(Cl)cc1NC(=O)N1CCC(C(F)(F)F)CC1. The number of hydrogen-bond donors (Lipinski definition) is 1. The summed E-state index contributed by atoms with van der Waals surface area (Å²) in [7, 11) is 0. The number of likely N-dealkylation sites (tertiary alicyclic amines) is 1. The molecule has 122 valence electrons. The van der Waals surface area contributed by atoms with Crippen LogP contribution < -0.4 is 5.32 Å². The minimum atomic E-state index is -4.18. The Morgan fingerprint density at radius 1 is 1.36 bits per heavy atom. The summed E-state index contributed by atoms with van der Waals surface area (Å²) in [5, 5.41) is 3.16. The molecule has 1 heterocycles. The number of alkyl halides is 3. The van der Waals surface area contributed by atoms with E-state index in [1.165, 1.54) is 4.90 Å². The first-order chi connectivity index (χ1) is 10.2. The molecular weight excluding hydrogens is 385 g/mol. The summed E-state index contributed by atoms with van der Waals surface area (Å²) in [5.74, 6) is -1.32. The lowest BCUT2D eigenvalue weighted by atomic mass is 9.96. The predicted molar refractivity (Wildman–Crippen MR) is 83.3 cm³/mol. The van der Waals surface area contributed by atoms with Gasteiger partial charge in [0.1, 0.15) is 0 Å². The number of anilines is 1. The van der Waals surface area contributed by atoms with E-state index in [1.54, 1.807) is 12.1 Å². The van der Waals surface area contributed by atoms with Crippen LogP contribution in [0.5, 0.6) is 0 Å². The van der Waals surface area contributed by atoms with Crippen LogP contribution in [0.25, 0.3) is 0 Å². The average Bonchev–Trinajstić information content (AvgIpc) is 2.44. The number of nitrogens with zero attached hydrogens (tertiary/aromatic N) is 1. The second kappa shape index (κ2) is 6.66. The Morgan fingerprint density at radius 3 is 2.50 bits per heavy atom. The molecule has 2 amide bonds. The highest BCUT2D eigenvalue weighted by molar-refractivity contribution is 9.10. The van der Waals surface area contributed by atoms with Gasteiger partial charge in [0, 0.05) is 23.2 Å². The molecule has 0 radical (unpaired) electrons. The molecular formula is C14H15BrClF3N2O. The second-order valence-corrected chi connectivity index (χ2v) is 6.58. The maximum Gasteiger partial charge on any atom is 0.391 e. The van der Waals surface area contributed by atoms with Crippen molar-refractivity contribution in [3.05, 3.63) is 27.2 Å². The van der Waals surface area contributed by atoms with E-state index in [-0.39, 0.29) is 25.9 Å². The monoisotopic (exact) mass is 398 g/mol. The highest BCUT2D eigenvalue weighted by Crippen LogP contribution is 2.34. The zero-order chi connectivity index (χ0) is 16.5. The third-order valence-corrected chi connectivity index (χ3v) is 4.95.